The van der Waals surface area contributed by atoms with Gasteiger partial charge in [-0.25, -0.2) is 0 Å². The normalized spacial score (nSPS) is 10.6. The molecule has 72 valence electrons. The number of allylic oxidation sites excluding steroid dienone is 2. The molecule has 1 heteroatoms. The van der Waals surface area contributed by atoms with E-state index in [1.54, 1.807) is 0 Å². The summed E-state index contributed by atoms with van der Waals surface area (Å²) in [7, 11) is 0. The van der Waals surface area contributed by atoms with Crippen molar-refractivity contribution < 1.29 is 4.79 Å². The monoisotopic (exact) mass is 186 g/mol. The van der Waals surface area contributed by atoms with E-state index >= 15 is 0 Å². The van der Waals surface area contributed by atoms with Gasteiger partial charge in [0.2, 0.25) is 0 Å². The molecule has 0 aliphatic rings. The number of rotatable bonds is 5. The van der Waals surface area contributed by atoms with Gasteiger partial charge in [-0.3, -0.25) is 4.79 Å². The summed E-state index contributed by atoms with van der Waals surface area (Å²) < 4.78 is 0. The Hall–Kier alpha value is -1.37. The fourth-order valence-corrected chi connectivity index (χ4v) is 1.08. The highest BCUT2D eigenvalue weighted by Crippen LogP contribution is 2.01. The van der Waals surface area contributed by atoms with Crippen LogP contribution in [-0.4, -0.2) is 5.78 Å². The summed E-state index contributed by atoms with van der Waals surface area (Å²) in [4.78, 5) is 11.5. The highest BCUT2D eigenvalue weighted by Gasteiger charge is 1.98. The van der Waals surface area contributed by atoms with Gasteiger partial charge in [-0.15, -0.1) is 0 Å². The highest BCUT2D eigenvalue weighted by atomic mass is 16.1. The van der Waals surface area contributed by atoms with Crippen molar-refractivity contribution in [1.29, 1.82) is 0 Å². The van der Waals surface area contributed by atoms with Crippen molar-refractivity contribution in [2.24, 2.45) is 0 Å². The van der Waals surface area contributed by atoms with Crippen molar-refractivity contribution >= 4 is 5.78 Å². The van der Waals surface area contributed by atoms with Crippen LogP contribution in [0.25, 0.3) is 0 Å². The Kier molecular flexibility index (Phi) is 4.70. The minimum absolute atomic E-state index is 0.0228. The molecule has 0 N–H and O–H groups in total. The van der Waals surface area contributed by atoms with E-state index < -0.39 is 0 Å². The number of unbranched alkanes of at least 4 members (excludes halogenated alkanes) is 2. The summed E-state index contributed by atoms with van der Waals surface area (Å²) >= 11 is 0. The van der Waals surface area contributed by atoms with Crippen LogP contribution in [0.1, 0.15) is 29.6 Å². The molecule has 2 radical (unpaired) electrons. The molecule has 0 spiro atoms. The van der Waals surface area contributed by atoms with Crippen LogP contribution >= 0.6 is 0 Å². The molecule has 0 unspecified atom stereocenters. The quantitative estimate of drug-likeness (QED) is 0.392. The molecule has 0 bridgehead atoms. The van der Waals surface area contributed by atoms with Gasteiger partial charge in [0.15, 0.2) is 5.78 Å². The van der Waals surface area contributed by atoms with Crippen LogP contribution in [0.4, 0.5) is 0 Å². The van der Waals surface area contributed by atoms with Gasteiger partial charge in [-0.1, -0.05) is 43.7 Å². The molecule has 0 aliphatic carbocycles. The molecule has 0 heterocycles. The number of carbonyl (C=O) groups excluding carboxylic acids is 1. The third-order valence-electron chi connectivity index (χ3n) is 1.86. The minimum Gasteiger partial charge on any atom is -0.289 e. The molecular formula is C13H14O. The molecule has 1 aromatic carbocycles. The molecule has 0 atom stereocenters. The molecule has 1 aromatic rings. The molecule has 0 saturated carbocycles. The largest absolute Gasteiger partial charge is 0.289 e. The van der Waals surface area contributed by atoms with E-state index in [9.17, 15) is 4.79 Å². The van der Waals surface area contributed by atoms with Crippen LogP contribution in [0.5, 0.6) is 0 Å². The van der Waals surface area contributed by atoms with Crippen LogP contribution in [0, 0.1) is 13.0 Å². The average molecular weight is 186 g/mol. The van der Waals surface area contributed by atoms with Crippen LogP contribution in [0.2, 0.25) is 0 Å². The maximum absolute atomic E-state index is 11.5. The summed E-state index contributed by atoms with van der Waals surface area (Å²) in [6.07, 6.45) is 7.17. The van der Waals surface area contributed by atoms with Crippen LogP contribution < -0.4 is 0 Å². The summed E-state index contributed by atoms with van der Waals surface area (Å²) in [6, 6.07) is 9.23. The fourth-order valence-electron chi connectivity index (χ4n) is 1.08. The van der Waals surface area contributed by atoms with Crippen molar-refractivity contribution in [3.05, 3.63) is 55.0 Å². The van der Waals surface area contributed by atoms with E-state index in [2.05, 4.69) is 13.0 Å². The minimum atomic E-state index is 0.0228. The summed E-state index contributed by atoms with van der Waals surface area (Å²) in [5.41, 5.74) is 0.717. The first-order valence-corrected chi connectivity index (χ1v) is 4.80. The number of carbonyl (C=O) groups is 1. The summed E-state index contributed by atoms with van der Waals surface area (Å²) in [6.45, 7) is 3.72. The van der Waals surface area contributed by atoms with Crippen LogP contribution in [0.3, 0.4) is 0 Å². The molecule has 1 rings (SSSR count). The maximum Gasteiger partial charge on any atom is 0.186 e. The van der Waals surface area contributed by atoms with E-state index in [-0.39, 0.29) is 5.78 Å². The smallest absolute Gasteiger partial charge is 0.186 e. The van der Waals surface area contributed by atoms with Crippen molar-refractivity contribution in [3.63, 3.8) is 0 Å². The lowest BCUT2D eigenvalue weighted by atomic mass is 10.1. The van der Waals surface area contributed by atoms with Crippen LogP contribution in [0.15, 0.2) is 36.4 Å². The Morgan fingerprint density at radius 3 is 2.71 bits per heavy atom. The molecule has 0 fully saturated rings. The lowest BCUT2D eigenvalue weighted by molar-refractivity contribution is 0.104. The molecule has 1 nitrogen and oxygen atoms in total. The van der Waals surface area contributed by atoms with Gasteiger partial charge in [-0.05, 0) is 25.0 Å². The first-order chi connectivity index (χ1) is 6.84. The number of benzene rings is 1. The SMILES string of the molecule is [CH2]CCC[C]=CC(=O)c1ccccc1. The zero-order chi connectivity index (χ0) is 10.2. The Balaban J connectivity index is 2.47. The highest BCUT2D eigenvalue weighted by molar-refractivity contribution is 6.04. The Morgan fingerprint density at radius 2 is 2.07 bits per heavy atom. The van der Waals surface area contributed by atoms with Gasteiger partial charge in [0, 0.05) is 5.56 Å². The van der Waals surface area contributed by atoms with E-state index in [0.717, 1.165) is 24.8 Å². The lowest BCUT2D eigenvalue weighted by Gasteiger charge is -1.93. The number of hydrogen-bond donors (Lipinski definition) is 0. The van der Waals surface area contributed by atoms with Crippen molar-refractivity contribution in [2.45, 2.75) is 19.3 Å². The second kappa shape index (κ2) is 6.14. The summed E-state index contributed by atoms with van der Waals surface area (Å²) in [5, 5.41) is 0. The molecule has 0 saturated heterocycles. The molecule has 0 aromatic heterocycles. The Morgan fingerprint density at radius 1 is 1.36 bits per heavy atom. The molecule has 0 amide bonds. The second-order valence-corrected chi connectivity index (χ2v) is 3.04. The maximum atomic E-state index is 11.5. The predicted molar refractivity (Wildman–Crippen MR) is 57.8 cm³/mol. The first kappa shape index (κ1) is 10.7. The topological polar surface area (TPSA) is 17.1 Å². The third-order valence-corrected chi connectivity index (χ3v) is 1.86. The molecule has 14 heavy (non-hydrogen) atoms. The number of ketones is 1. The fraction of sp³-hybridized carbons (Fsp3) is 0.231. The molecule has 0 aliphatic heterocycles. The zero-order valence-corrected chi connectivity index (χ0v) is 8.20. The third kappa shape index (κ3) is 3.56. The molecular weight excluding hydrogens is 172 g/mol. The second-order valence-electron chi connectivity index (χ2n) is 3.04. The average Bonchev–Trinajstić information content (AvgIpc) is 2.25. The first-order valence-electron chi connectivity index (χ1n) is 4.80. The Bertz CT molecular complexity index is 298. The van der Waals surface area contributed by atoms with Gasteiger partial charge < -0.3 is 0 Å². The van der Waals surface area contributed by atoms with Crippen molar-refractivity contribution in [3.8, 4) is 0 Å². The standard InChI is InChI=1S/C13H14O/c1-2-3-4-8-11-13(14)12-9-6-5-7-10-12/h5-7,9-11H,1-4H2. The predicted octanol–water partition coefficient (Wildman–Crippen LogP) is 3.23. The van der Waals surface area contributed by atoms with Crippen molar-refractivity contribution in [1.82, 2.24) is 0 Å². The number of hydrogen-bond acceptors (Lipinski definition) is 1. The van der Waals surface area contributed by atoms with Gasteiger partial charge in [0.1, 0.15) is 0 Å². The zero-order valence-electron chi connectivity index (χ0n) is 8.20. The van der Waals surface area contributed by atoms with E-state index in [0.29, 0.717) is 0 Å². The van der Waals surface area contributed by atoms with Gasteiger partial charge in [0.25, 0.3) is 0 Å². The summed E-state index contributed by atoms with van der Waals surface area (Å²) in [5.74, 6) is 0.0228. The van der Waals surface area contributed by atoms with Crippen LogP contribution in [-0.2, 0) is 0 Å². The van der Waals surface area contributed by atoms with Gasteiger partial charge in [-0.2, -0.15) is 0 Å². The van der Waals surface area contributed by atoms with Crippen molar-refractivity contribution in [2.75, 3.05) is 0 Å². The van der Waals surface area contributed by atoms with Gasteiger partial charge in [0.05, 0.1) is 0 Å². The van der Waals surface area contributed by atoms with E-state index in [1.807, 2.05) is 30.3 Å². The Labute approximate surface area is 85.5 Å². The van der Waals surface area contributed by atoms with Gasteiger partial charge >= 0.3 is 0 Å². The lowest BCUT2D eigenvalue weighted by Crippen LogP contribution is -1.92. The van der Waals surface area contributed by atoms with E-state index in [1.165, 1.54) is 6.08 Å². The van der Waals surface area contributed by atoms with E-state index in [4.69, 9.17) is 0 Å².